The molecule has 0 bridgehead atoms. The number of nitro groups is 1. The number of carbonyl (C=O) groups excluding carboxylic acids is 3. The molecule has 1 aliphatic rings. The summed E-state index contributed by atoms with van der Waals surface area (Å²) >= 11 is 1.89. The Hall–Kier alpha value is -2.99. The molecule has 28 heavy (non-hydrogen) atoms. The molecule has 0 atom stereocenters. The zero-order chi connectivity index (χ0) is 20.4. The van der Waals surface area contributed by atoms with Crippen LogP contribution >= 0.6 is 22.7 Å². The summed E-state index contributed by atoms with van der Waals surface area (Å²) in [6.07, 6.45) is -0.0397. The maximum Gasteiger partial charge on any atom is 0.410 e. The van der Waals surface area contributed by atoms with Crippen LogP contribution in [0.2, 0.25) is 0 Å². The molecular formula is C16H16N4O6S2. The molecule has 3 amide bonds. The normalized spacial score (nSPS) is 13.0. The predicted octanol–water partition coefficient (Wildman–Crippen LogP) is 2.58. The van der Waals surface area contributed by atoms with E-state index in [9.17, 15) is 24.5 Å². The summed E-state index contributed by atoms with van der Waals surface area (Å²) in [6.45, 7) is 2.59. The lowest BCUT2D eigenvalue weighted by Crippen LogP contribution is -2.36. The zero-order valence-corrected chi connectivity index (χ0v) is 16.4. The van der Waals surface area contributed by atoms with Gasteiger partial charge in [-0.1, -0.05) is 11.3 Å². The monoisotopic (exact) mass is 424 g/mol. The molecule has 3 heterocycles. The summed E-state index contributed by atoms with van der Waals surface area (Å²) in [5.41, 5.74) is 6.42. The lowest BCUT2D eigenvalue weighted by Gasteiger charge is -2.26. The average Bonchev–Trinajstić information content (AvgIpc) is 3.26. The molecular weight excluding hydrogens is 408 g/mol. The van der Waals surface area contributed by atoms with E-state index >= 15 is 0 Å². The molecule has 0 aliphatic carbocycles. The topological polar surface area (TPSA) is 145 Å². The van der Waals surface area contributed by atoms with Crippen LogP contribution in [-0.4, -0.2) is 40.9 Å². The average molecular weight is 424 g/mol. The number of ether oxygens (including phenoxy) is 1. The number of amides is 3. The van der Waals surface area contributed by atoms with Crippen molar-refractivity contribution in [3.63, 3.8) is 0 Å². The van der Waals surface area contributed by atoms with Crippen LogP contribution < -0.4 is 11.1 Å². The van der Waals surface area contributed by atoms with E-state index in [1.54, 1.807) is 6.92 Å². The Bertz CT molecular complexity index is 966. The predicted molar refractivity (Wildman–Crippen MR) is 103 cm³/mol. The van der Waals surface area contributed by atoms with Gasteiger partial charge in [0.05, 0.1) is 28.5 Å². The van der Waals surface area contributed by atoms with Crippen LogP contribution in [0.5, 0.6) is 0 Å². The van der Waals surface area contributed by atoms with Gasteiger partial charge in [0.1, 0.15) is 5.00 Å². The number of thiophene rings is 2. The number of nitrogens with one attached hydrogen (secondary N) is 1. The van der Waals surface area contributed by atoms with Crippen molar-refractivity contribution in [2.75, 3.05) is 18.5 Å². The largest absolute Gasteiger partial charge is 0.450 e. The summed E-state index contributed by atoms with van der Waals surface area (Å²) < 4.78 is 5.00. The first-order valence-electron chi connectivity index (χ1n) is 8.23. The van der Waals surface area contributed by atoms with E-state index in [-0.39, 0.29) is 33.6 Å². The number of carbonyl (C=O) groups is 3. The van der Waals surface area contributed by atoms with Crippen molar-refractivity contribution in [2.24, 2.45) is 5.73 Å². The molecule has 148 valence electrons. The number of primary amides is 1. The summed E-state index contributed by atoms with van der Waals surface area (Å²) in [7, 11) is 0. The van der Waals surface area contributed by atoms with Crippen molar-refractivity contribution in [1.82, 2.24) is 4.90 Å². The Kier molecular flexibility index (Phi) is 5.61. The summed E-state index contributed by atoms with van der Waals surface area (Å²) in [4.78, 5) is 49.0. The van der Waals surface area contributed by atoms with E-state index in [0.717, 1.165) is 27.6 Å². The second kappa shape index (κ2) is 7.94. The van der Waals surface area contributed by atoms with Crippen molar-refractivity contribution in [3.05, 3.63) is 43.1 Å². The number of anilines is 1. The molecule has 1 aliphatic heterocycles. The molecule has 0 aromatic carbocycles. The number of hydrogen-bond acceptors (Lipinski definition) is 8. The highest BCUT2D eigenvalue weighted by Crippen LogP contribution is 2.37. The first-order chi connectivity index (χ1) is 13.3. The molecule has 3 N–H and O–H groups in total. The Morgan fingerprint density at radius 2 is 2.11 bits per heavy atom. The Labute approximate surface area is 167 Å². The van der Waals surface area contributed by atoms with Gasteiger partial charge < -0.3 is 20.7 Å². The maximum absolute atomic E-state index is 12.4. The molecule has 10 nitrogen and oxygen atoms in total. The van der Waals surface area contributed by atoms with Crippen molar-refractivity contribution in [3.8, 4) is 0 Å². The minimum Gasteiger partial charge on any atom is -0.450 e. The molecule has 2 aromatic heterocycles. The SMILES string of the molecule is CCOC(=O)N1CCc2c(sc(NC(=O)c3ccc([N+](=O)[O-])s3)c2C(N)=O)C1. The molecule has 2 aromatic rings. The second-order valence-electron chi connectivity index (χ2n) is 5.79. The van der Waals surface area contributed by atoms with Crippen LogP contribution in [0.1, 0.15) is 37.4 Å². The fraction of sp³-hybridized carbons (Fsp3) is 0.312. The standard InChI is InChI=1S/C16H16N4O6S2/c1-2-26-16(23)19-6-5-8-10(7-19)28-15(12(8)13(17)21)18-14(22)9-3-4-11(27-9)20(24)25/h3-4H,2,5-7H2,1H3,(H2,17,21)(H,18,22). The maximum atomic E-state index is 12.4. The third-order valence-electron chi connectivity index (χ3n) is 4.05. The summed E-state index contributed by atoms with van der Waals surface area (Å²) in [5, 5.41) is 13.5. The lowest BCUT2D eigenvalue weighted by molar-refractivity contribution is -0.380. The number of fused-ring (bicyclic) bond motifs is 1. The fourth-order valence-electron chi connectivity index (χ4n) is 2.84. The van der Waals surface area contributed by atoms with E-state index in [1.807, 2.05) is 0 Å². The molecule has 0 radical (unpaired) electrons. The van der Waals surface area contributed by atoms with Crippen LogP contribution in [0.15, 0.2) is 12.1 Å². The van der Waals surface area contributed by atoms with Gasteiger partial charge in [0.2, 0.25) is 0 Å². The van der Waals surface area contributed by atoms with Crippen LogP contribution in [0.25, 0.3) is 0 Å². The first-order valence-corrected chi connectivity index (χ1v) is 9.86. The first kappa shape index (κ1) is 19.8. The highest BCUT2D eigenvalue weighted by atomic mass is 32.1. The van der Waals surface area contributed by atoms with Gasteiger partial charge in [-0.05, 0) is 25.0 Å². The number of hydrogen-bond donors (Lipinski definition) is 2. The Morgan fingerprint density at radius 1 is 1.36 bits per heavy atom. The summed E-state index contributed by atoms with van der Waals surface area (Å²) in [6, 6.07) is 2.59. The van der Waals surface area contributed by atoms with E-state index in [1.165, 1.54) is 17.0 Å². The molecule has 12 heteroatoms. The van der Waals surface area contributed by atoms with Gasteiger partial charge in [0, 0.05) is 17.5 Å². The molecule has 0 saturated heterocycles. The van der Waals surface area contributed by atoms with Crippen molar-refractivity contribution in [1.29, 1.82) is 0 Å². The van der Waals surface area contributed by atoms with Crippen molar-refractivity contribution < 1.29 is 24.0 Å². The van der Waals surface area contributed by atoms with Crippen LogP contribution in [0.4, 0.5) is 14.8 Å². The lowest BCUT2D eigenvalue weighted by atomic mass is 10.0. The van der Waals surface area contributed by atoms with Gasteiger partial charge in [0.25, 0.3) is 11.8 Å². The third-order valence-corrected chi connectivity index (χ3v) is 6.22. The number of rotatable bonds is 5. The highest BCUT2D eigenvalue weighted by molar-refractivity contribution is 7.18. The summed E-state index contributed by atoms with van der Waals surface area (Å²) in [5.74, 6) is -1.25. The van der Waals surface area contributed by atoms with Gasteiger partial charge in [0.15, 0.2) is 0 Å². The van der Waals surface area contributed by atoms with Crippen LogP contribution in [0, 0.1) is 10.1 Å². The molecule has 3 rings (SSSR count). The highest BCUT2D eigenvalue weighted by Gasteiger charge is 2.30. The van der Waals surface area contributed by atoms with E-state index in [0.29, 0.717) is 18.5 Å². The minimum atomic E-state index is -0.686. The Morgan fingerprint density at radius 3 is 2.71 bits per heavy atom. The second-order valence-corrected chi connectivity index (χ2v) is 7.96. The van der Waals surface area contributed by atoms with Gasteiger partial charge >= 0.3 is 11.1 Å². The number of nitrogens with two attached hydrogens (primary N) is 1. The minimum absolute atomic E-state index is 0.140. The smallest absolute Gasteiger partial charge is 0.410 e. The van der Waals surface area contributed by atoms with Gasteiger partial charge in [-0.15, -0.1) is 11.3 Å². The third kappa shape index (κ3) is 3.82. The molecule has 0 spiro atoms. The van der Waals surface area contributed by atoms with Crippen LogP contribution in [0.3, 0.4) is 0 Å². The molecule has 0 saturated carbocycles. The van der Waals surface area contributed by atoms with E-state index < -0.39 is 22.8 Å². The molecule has 0 fully saturated rings. The van der Waals surface area contributed by atoms with Gasteiger partial charge in [-0.3, -0.25) is 19.7 Å². The fourth-order valence-corrected chi connectivity index (χ4v) is 4.81. The van der Waals surface area contributed by atoms with Gasteiger partial charge in [-0.25, -0.2) is 4.79 Å². The van der Waals surface area contributed by atoms with Gasteiger partial charge in [-0.2, -0.15) is 0 Å². The molecule has 0 unspecified atom stereocenters. The van der Waals surface area contributed by atoms with E-state index in [4.69, 9.17) is 10.5 Å². The number of nitrogens with zero attached hydrogens (tertiary/aromatic N) is 2. The van der Waals surface area contributed by atoms with Crippen molar-refractivity contribution >= 4 is 50.6 Å². The van der Waals surface area contributed by atoms with Crippen LogP contribution in [-0.2, 0) is 17.7 Å². The zero-order valence-electron chi connectivity index (χ0n) is 14.7. The van der Waals surface area contributed by atoms with E-state index in [2.05, 4.69) is 5.32 Å². The Balaban J connectivity index is 1.85. The quantitative estimate of drug-likeness (QED) is 0.557. The van der Waals surface area contributed by atoms with Crippen molar-refractivity contribution in [2.45, 2.75) is 19.9 Å².